The van der Waals surface area contributed by atoms with Gasteiger partial charge in [0.25, 0.3) is 0 Å². The minimum atomic E-state index is -0.244. The van der Waals surface area contributed by atoms with E-state index in [0.717, 1.165) is 11.5 Å². The van der Waals surface area contributed by atoms with E-state index in [9.17, 15) is 0 Å². The van der Waals surface area contributed by atoms with E-state index in [1.54, 1.807) is 0 Å². The van der Waals surface area contributed by atoms with Crippen LogP contribution < -0.4 is 5.32 Å². The molecule has 4 heteroatoms. The van der Waals surface area contributed by atoms with Crippen LogP contribution in [0.25, 0.3) is 0 Å². The molecule has 1 aliphatic heterocycles. The van der Waals surface area contributed by atoms with Gasteiger partial charge in [-0.25, -0.2) is 4.99 Å². The summed E-state index contributed by atoms with van der Waals surface area (Å²) in [7, 11) is 3.89. The molecule has 0 aromatic rings. The van der Waals surface area contributed by atoms with E-state index < -0.39 is 0 Å². The van der Waals surface area contributed by atoms with Crippen molar-refractivity contribution in [3.05, 3.63) is 11.9 Å². The molecule has 0 radical (unpaired) electrons. The second-order valence-corrected chi connectivity index (χ2v) is 3.07. The first-order chi connectivity index (χ1) is 5.11. The highest BCUT2D eigenvalue weighted by molar-refractivity contribution is 6.23. The summed E-state index contributed by atoms with van der Waals surface area (Å²) in [4.78, 5) is 6.09. The first-order valence-electron chi connectivity index (χ1n) is 3.43. The van der Waals surface area contributed by atoms with E-state index in [-0.39, 0.29) is 5.50 Å². The summed E-state index contributed by atoms with van der Waals surface area (Å²) in [5.74, 6) is 0.857. The SMILES string of the molecule is CC1=NC(Cl)C(N(C)C)=CN1. The fraction of sp³-hybridized carbons (Fsp3) is 0.571. The van der Waals surface area contributed by atoms with Crippen molar-refractivity contribution in [3.8, 4) is 0 Å². The topological polar surface area (TPSA) is 27.6 Å². The van der Waals surface area contributed by atoms with E-state index >= 15 is 0 Å². The molecule has 62 valence electrons. The third-order valence-electron chi connectivity index (χ3n) is 1.50. The Balaban J connectivity index is 2.72. The maximum atomic E-state index is 5.94. The lowest BCUT2D eigenvalue weighted by Crippen LogP contribution is -2.29. The van der Waals surface area contributed by atoms with Crippen LogP contribution in [0.4, 0.5) is 0 Å². The van der Waals surface area contributed by atoms with Crippen molar-refractivity contribution in [2.45, 2.75) is 12.4 Å². The Morgan fingerprint density at radius 3 is 2.73 bits per heavy atom. The molecule has 1 unspecified atom stereocenters. The second kappa shape index (κ2) is 3.13. The number of likely N-dealkylation sites (N-methyl/N-ethyl adjacent to an activating group) is 1. The number of amidine groups is 1. The Bertz CT molecular complexity index is 208. The van der Waals surface area contributed by atoms with Crippen molar-refractivity contribution in [2.75, 3.05) is 14.1 Å². The highest BCUT2D eigenvalue weighted by Crippen LogP contribution is 2.15. The third-order valence-corrected chi connectivity index (χ3v) is 1.82. The molecule has 0 spiro atoms. The number of hydrogen-bond donors (Lipinski definition) is 1. The van der Waals surface area contributed by atoms with Crippen LogP contribution in [-0.2, 0) is 0 Å². The van der Waals surface area contributed by atoms with Crippen molar-refractivity contribution in [1.29, 1.82) is 0 Å². The average molecular weight is 174 g/mol. The van der Waals surface area contributed by atoms with E-state index in [4.69, 9.17) is 11.6 Å². The Labute approximate surface area is 71.7 Å². The number of nitrogens with zero attached hydrogens (tertiary/aromatic N) is 2. The van der Waals surface area contributed by atoms with Crippen LogP contribution in [0.2, 0.25) is 0 Å². The molecule has 1 N–H and O–H groups in total. The number of rotatable bonds is 1. The lowest BCUT2D eigenvalue weighted by Gasteiger charge is -2.23. The molecule has 0 aromatic heterocycles. The van der Waals surface area contributed by atoms with Gasteiger partial charge in [-0.15, -0.1) is 0 Å². The minimum absolute atomic E-state index is 0.244. The number of nitrogens with one attached hydrogen (secondary N) is 1. The van der Waals surface area contributed by atoms with Crippen molar-refractivity contribution in [1.82, 2.24) is 10.2 Å². The molecule has 1 heterocycles. The van der Waals surface area contributed by atoms with Gasteiger partial charge in [-0.2, -0.15) is 0 Å². The predicted octanol–water partition coefficient (Wildman–Crippen LogP) is 0.976. The molecule has 0 aromatic carbocycles. The Hall–Kier alpha value is -0.700. The predicted molar refractivity (Wildman–Crippen MR) is 47.7 cm³/mol. The number of aliphatic imine (C=N–C) groups is 1. The van der Waals surface area contributed by atoms with Gasteiger partial charge < -0.3 is 10.2 Å². The quantitative estimate of drug-likeness (QED) is 0.473. The van der Waals surface area contributed by atoms with Gasteiger partial charge in [0.05, 0.1) is 11.5 Å². The summed E-state index contributed by atoms with van der Waals surface area (Å²) in [5.41, 5.74) is 0.739. The summed E-state index contributed by atoms with van der Waals surface area (Å²) in [5, 5.41) is 3.01. The molecule has 0 saturated carbocycles. The zero-order valence-electron chi connectivity index (χ0n) is 6.93. The molecule has 0 fully saturated rings. The molecule has 1 rings (SSSR count). The molecular weight excluding hydrogens is 162 g/mol. The summed E-state index contributed by atoms with van der Waals surface area (Å²) >= 11 is 5.94. The maximum absolute atomic E-state index is 5.94. The molecule has 11 heavy (non-hydrogen) atoms. The van der Waals surface area contributed by atoms with Gasteiger partial charge in [0.1, 0.15) is 0 Å². The first kappa shape index (κ1) is 8.40. The maximum Gasteiger partial charge on any atom is 0.166 e. The van der Waals surface area contributed by atoms with Crippen LogP contribution in [-0.4, -0.2) is 30.3 Å². The molecule has 1 aliphatic rings. The lowest BCUT2D eigenvalue weighted by atomic mass is 10.4. The monoisotopic (exact) mass is 173 g/mol. The highest BCUT2D eigenvalue weighted by Gasteiger charge is 2.14. The fourth-order valence-electron chi connectivity index (χ4n) is 0.863. The van der Waals surface area contributed by atoms with Gasteiger partial charge in [0.2, 0.25) is 0 Å². The van der Waals surface area contributed by atoms with Crippen LogP contribution in [0.1, 0.15) is 6.92 Å². The molecule has 0 bridgehead atoms. The fourth-order valence-corrected chi connectivity index (χ4v) is 1.27. The molecule has 1 atom stereocenters. The van der Waals surface area contributed by atoms with Crippen LogP contribution in [0, 0.1) is 0 Å². The smallest absolute Gasteiger partial charge is 0.166 e. The van der Waals surface area contributed by atoms with Crippen LogP contribution in [0.5, 0.6) is 0 Å². The van der Waals surface area contributed by atoms with Crippen molar-refractivity contribution in [3.63, 3.8) is 0 Å². The van der Waals surface area contributed by atoms with E-state index in [0.29, 0.717) is 0 Å². The summed E-state index contributed by atoms with van der Waals surface area (Å²) < 4.78 is 0. The van der Waals surface area contributed by atoms with Crippen LogP contribution >= 0.6 is 11.6 Å². The molecule has 0 amide bonds. The third kappa shape index (κ3) is 1.87. The van der Waals surface area contributed by atoms with Crippen LogP contribution in [0.15, 0.2) is 16.9 Å². The highest BCUT2D eigenvalue weighted by atomic mass is 35.5. The summed E-state index contributed by atoms with van der Waals surface area (Å²) in [6, 6.07) is 0. The zero-order valence-corrected chi connectivity index (χ0v) is 7.68. The number of alkyl halides is 1. The second-order valence-electron chi connectivity index (χ2n) is 2.66. The molecule has 3 nitrogen and oxygen atoms in total. The standard InChI is InChI=1S/C7H12ClN3/c1-5-9-4-6(11(2)3)7(8)10-5/h4,7H,1-3H3,(H,9,10). The Morgan fingerprint density at radius 1 is 1.64 bits per heavy atom. The molecule has 0 saturated heterocycles. The molecule has 0 aliphatic carbocycles. The van der Waals surface area contributed by atoms with Gasteiger partial charge in [-0.1, -0.05) is 11.6 Å². The van der Waals surface area contributed by atoms with E-state index in [1.807, 2.05) is 32.1 Å². The summed E-state index contributed by atoms with van der Waals surface area (Å²) in [6.07, 6.45) is 1.88. The van der Waals surface area contributed by atoms with Gasteiger partial charge in [0, 0.05) is 20.3 Å². The van der Waals surface area contributed by atoms with Gasteiger partial charge in [0.15, 0.2) is 5.50 Å². The van der Waals surface area contributed by atoms with E-state index in [1.165, 1.54) is 0 Å². The van der Waals surface area contributed by atoms with Gasteiger partial charge in [-0.05, 0) is 6.92 Å². The largest absolute Gasteiger partial charge is 0.377 e. The lowest BCUT2D eigenvalue weighted by molar-refractivity contribution is 0.486. The first-order valence-corrected chi connectivity index (χ1v) is 3.87. The zero-order chi connectivity index (χ0) is 8.43. The van der Waals surface area contributed by atoms with Gasteiger partial charge >= 0.3 is 0 Å². The Kier molecular flexibility index (Phi) is 2.39. The normalized spacial score (nSPS) is 23.5. The number of hydrogen-bond acceptors (Lipinski definition) is 3. The average Bonchev–Trinajstić information content (AvgIpc) is 1.85. The number of halogens is 1. The molecular formula is C7H12ClN3. The summed E-state index contributed by atoms with van der Waals surface area (Å²) in [6.45, 7) is 1.89. The Morgan fingerprint density at radius 2 is 2.27 bits per heavy atom. The van der Waals surface area contributed by atoms with E-state index in [2.05, 4.69) is 10.3 Å². The van der Waals surface area contributed by atoms with Gasteiger partial charge in [-0.3, -0.25) is 0 Å². The van der Waals surface area contributed by atoms with Crippen molar-refractivity contribution < 1.29 is 0 Å². The van der Waals surface area contributed by atoms with Crippen LogP contribution in [0.3, 0.4) is 0 Å². The van der Waals surface area contributed by atoms with Crippen molar-refractivity contribution in [2.24, 2.45) is 4.99 Å². The van der Waals surface area contributed by atoms with Crippen molar-refractivity contribution >= 4 is 17.4 Å². The minimum Gasteiger partial charge on any atom is -0.377 e.